The largest absolute Gasteiger partial charge is 0.269 e. The smallest absolute Gasteiger partial charge is 0.265 e. The fraction of sp³-hybridized carbons (Fsp3) is 0.312. The molecule has 0 aliphatic rings. The number of hydrogen-bond acceptors (Lipinski definition) is 5. The van der Waals surface area contributed by atoms with Gasteiger partial charge in [0, 0.05) is 37.6 Å². The van der Waals surface area contributed by atoms with E-state index in [4.69, 9.17) is 0 Å². The monoisotopic (exact) mass is 349 g/mol. The standard InChI is InChI=1S/C16H19N3O4S/c1-13(15-7-10-17-11-8-15)18(2)24(22,23)12-9-14-3-5-16(6-4-14)19(20)21/h3-8,10-11,13H,9,12H2,1-2H3/t13-/m1/s1. The predicted molar refractivity (Wildman–Crippen MR) is 91.0 cm³/mol. The first kappa shape index (κ1) is 18.0. The average Bonchev–Trinajstić information content (AvgIpc) is 2.59. The maximum absolute atomic E-state index is 12.5. The third kappa shape index (κ3) is 4.36. The summed E-state index contributed by atoms with van der Waals surface area (Å²) in [7, 11) is -1.90. The lowest BCUT2D eigenvalue weighted by molar-refractivity contribution is -0.384. The van der Waals surface area contributed by atoms with E-state index in [1.165, 1.54) is 16.4 Å². The van der Waals surface area contributed by atoms with Crippen LogP contribution >= 0.6 is 0 Å². The Hall–Kier alpha value is -2.32. The molecule has 1 atom stereocenters. The van der Waals surface area contributed by atoms with Gasteiger partial charge in [0.25, 0.3) is 5.69 Å². The molecule has 128 valence electrons. The number of benzene rings is 1. The Morgan fingerprint density at radius 1 is 1.17 bits per heavy atom. The van der Waals surface area contributed by atoms with E-state index in [1.54, 1.807) is 43.7 Å². The minimum Gasteiger partial charge on any atom is -0.265 e. The van der Waals surface area contributed by atoms with Crippen LogP contribution < -0.4 is 0 Å². The minimum absolute atomic E-state index is 0.00923. The predicted octanol–water partition coefficient (Wildman–Crippen LogP) is 2.56. The van der Waals surface area contributed by atoms with Crippen molar-refractivity contribution in [2.45, 2.75) is 19.4 Å². The molecule has 0 saturated heterocycles. The molecule has 0 aliphatic carbocycles. The molecule has 0 spiro atoms. The highest BCUT2D eigenvalue weighted by Gasteiger charge is 2.24. The Labute approximate surface area is 141 Å². The first-order valence-corrected chi connectivity index (χ1v) is 9.01. The molecule has 0 fully saturated rings. The van der Waals surface area contributed by atoms with E-state index in [-0.39, 0.29) is 17.5 Å². The summed E-state index contributed by atoms with van der Waals surface area (Å²) in [6.45, 7) is 1.82. The van der Waals surface area contributed by atoms with Crippen molar-refractivity contribution >= 4 is 15.7 Å². The lowest BCUT2D eigenvalue weighted by atomic mass is 10.1. The summed E-state index contributed by atoms with van der Waals surface area (Å²) in [4.78, 5) is 14.1. The topological polar surface area (TPSA) is 93.4 Å². The lowest BCUT2D eigenvalue weighted by Gasteiger charge is -2.24. The minimum atomic E-state index is -3.45. The number of non-ortho nitro benzene ring substituents is 1. The summed E-state index contributed by atoms with van der Waals surface area (Å²) < 4.78 is 26.3. The molecular weight excluding hydrogens is 330 g/mol. The van der Waals surface area contributed by atoms with Crippen molar-refractivity contribution in [2.24, 2.45) is 0 Å². The number of hydrogen-bond donors (Lipinski definition) is 0. The van der Waals surface area contributed by atoms with Gasteiger partial charge in [-0.1, -0.05) is 12.1 Å². The third-order valence-electron chi connectivity index (χ3n) is 3.97. The Bertz CT molecular complexity index is 792. The van der Waals surface area contributed by atoms with Crippen LogP contribution in [0.25, 0.3) is 0 Å². The normalized spacial score (nSPS) is 13.0. The number of nitro groups is 1. The maximum atomic E-state index is 12.5. The summed E-state index contributed by atoms with van der Waals surface area (Å²) in [5.41, 5.74) is 1.60. The maximum Gasteiger partial charge on any atom is 0.269 e. The van der Waals surface area contributed by atoms with Crippen LogP contribution in [0.2, 0.25) is 0 Å². The highest BCUT2D eigenvalue weighted by atomic mass is 32.2. The quantitative estimate of drug-likeness (QED) is 0.566. The number of nitro benzene ring substituents is 1. The van der Waals surface area contributed by atoms with E-state index in [1.807, 2.05) is 6.92 Å². The number of pyridine rings is 1. The Morgan fingerprint density at radius 2 is 1.75 bits per heavy atom. The highest BCUT2D eigenvalue weighted by Crippen LogP contribution is 2.21. The molecule has 0 amide bonds. The Kier molecular flexibility index (Phi) is 5.63. The number of sulfonamides is 1. The molecule has 24 heavy (non-hydrogen) atoms. The van der Waals surface area contributed by atoms with Gasteiger partial charge in [-0.25, -0.2) is 8.42 Å². The van der Waals surface area contributed by atoms with Crippen molar-refractivity contribution in [3.8, 4) is 0 Å². The van der Waals surface area contributed by atoms with Crippen LogP contribution in [-0.4, -0.2) is 35.4 Å². The molecule has 7 nitrogen and oxygen atoms in total. The number of rotatable bonds is 7. The van der Waals surface area contributed by atoms with Gasteiger partial charge < -0.3 is 0 Å². The first-order chi connectivity index (χ1) is 11.3. The molecule has 8 heteroatoms. The van der Waals surface area contributed by atoms with E-state index >= 15 is 0 Å². The van der Waals surface area contributed by atoms with Crippen LogP contribution in [0.15, 0.2) is 48.8 Å². The Morgan fingerprint density at radius 3 is 2.29 bits per heavy atom. The van der Waals surface area contributed by atoms with Crippen molar-refractivity contribution in [1.29, 1.82) is 0 Å². The molecule has 1 aromatic heterocycles. The van der Waals surface area contributed by atoms with Gasteiger partial charge in [-0.3, -0.25) is 15.1 Å². The SMILES string of the molecule is C[C@H](c1ccncc1)N(C)S(=O)(=O)CCc1ccc([N+](=O)[O-])cc1. The molecule has 0 N–H and O–H groups in total. The second kappa shape index (κ2) is 7.50. The van der Waals surface area contributed by atoms with Gasteiger partial charge in [-0.05, 0) is 36.6 Å². The van der Waals surface area contributed by atoms with Crippen molar-refractivity contribution in [2.75, 3.05) is 12.8 Å². The molecule has 2 rings (SSSR count). The summed E-state index contributed by atoms with van der Waals surface area (Å²) in [5, 5.41) is 10.6. The fourth-order valence-corrected chi connectivity index (χ4v) is 3.65. The number of aromatic nitrogens is 1. The third-order valence-corrected chi connectivity index (χ3v) is 5.88. The van der Waals surface area contributed by atoms with Crippen molar-refractivity contribution in [3.63, 3.8) is 0 Å². The van der Waals surface area contributed by atoms with E-state index < -0.39 is 14.9 Å². The molecule has 2 aromatic rings. The molecule has 0 unspecified atom stereocenters. The van der Waals surface area contributed by atoms with Crippen molar-refractivity contribution < 1.29 is 13.3 Å². The van der Waals surface area contributed by atoms with Crippen LogP contribution in [0, 0.1) is 10.1 Å². The molecule has 0 radical (unpaired) electrons. The highest BCUT2D eigenvalue weighted by molar-refractivity contribution is 7.89. The van der Waals surface area contributed by atoms with Gasteiger partial charge in [0.2, 0.25) is 10.0 Å². The lowest BCUT2D eigenvalue weighted by Crippen LogP contribution is -2.32. The van der Waals surface area contributed by atoms with E-state index in [9.17, 15) is 18.5 Å². The zero-order valence-electron chi connectivity index (χ0n) is 13.5. The molecule has 0 aliphatic heterocycles. The number of nitrogens with zero attached hydrogens (tertiary/aromatic N) is 3. The van der Waals surface area contributed by atoms with Gasteiger partial charge in [0.15, 0.2) is 0 Å². The molecule has 1 heterocycles. The van der Waals surface area contributed by atoms with Gasteiger partial charge in [0.05, 0.1) is 10.7 Å². The zero-order valence-corrected chi connectivity index (χ0v) is 14.3. The summed E-state index contributed by atoms with van der Waals surface area (Å²) >= 11 is 0. The van der Waals surface area contributed by atoms with Crippen LogP contribution in [-0.2, 0) is 16.4 Å². The molecular formula is C16H19N3O4S. The summed E-state index contributed by atoms with van der Waals surface area (Å²) in [6.07, 6.45) is 3.56. The molecule has 0 saturated carbocycles. The van der Waals surface area contributed by atoms with Gasteiger partial charge in [-0.15, -0.1) is 0 Å². The summed E-state index contributed by atoms with van der Waals surface area (Å²) in [6, 6.07) is 9.20. The van der Waals surface area contributed by atoms with Gasteiger partial charge in [0.1, 0.15) is 0 Å². The van der Waals surface area contributed by atoms with E-state index in [2.05, 4.69) is 4.98 Å². The van der Waals surface area contributed by atoms with Crippen LogP contribution in [0.4, 0.5) is 5.69 Å². The number of aryl methyl sites for hydroxylation is 1. The molecule has 1 aromatic carbocycles. The first-order valence-electron chi connectivity index (χ1n) is 7.40. The second-order valence-corrected chi connectivity index (χ2v) is 7.61. The van der Waals surface area contributed by atoms with Crippen molar-refractivity contribution in [3.05, 3.63) is 70.0 Å². The molecule has 0 bridgehead atoms. The summed E-state index contributed by atoms with van der Waals surface area (Å²) in [5.74, 6) is -0.0588. The van der Waals surface area contributed by atoms with Crippen LogP contribution in [0.1, 0.15) is 24.1 Å². The van der Waals surface area contributed by atoms with Gasteiger partial charge in [-0.2, -0.15) is 4.31 Å². The van der Waals surface area contributed by atoms with Crippen LogP contribution in [0.5, 0.6) is 0 Å². The van der Waals surface area contributed by atoms with Gasteiger partial charge >= 0.3 is 0 Å². The van der Waals surface area contributed by atoms with E-state index in [0.717, 1.165) is 11.1 Å². The van der Waals surface area contributed by atoms with E-state index in [0.29, 0.717) is 6.42 Å². The zero-order chi connectivity index (χ0) is 17.7. The average molecular weight is 349 g/mol. The fourth-order valence-electron chi connectivity index (χ4n) is 2.27. The van der Waals surface area contributed by atoms with Crippen LogP contribution in [0.3, 0.4) is 0 Å². The Balaban J connectivity index is 2.03. The van der Waals surface area contributed by atoms with Crippen molar-refractivity contribution in [1.82, 2.24) is 9.29 Å². The second-order valence-electron chi connectivity index (χ2n) is 5.46.